The van der Waals surface area contributed by atoms with Gasteiger partial charge in [0.15, 0.2) is 0 Å². The Hall–Kier alpha value is -0.890. The average Bonchev–Trinajstić information content (AvgIpc) is 3.03. The molecule has 0 radical (unpaired) electrons. The van der Waals surface area contributed by atoms with Gasteiger partial charge in [-0.1, -0.05) is 71.8 Å². The van der Waals surface area contributed by atoms with Gasteiger partial charge >= 0.3 is 0 Å². The highest BCUT2D eigenvalue weighted by atomic mass is 16.3. The Balaban J connectivity index is 1.65. The lowest BCUT2D eigenvalue weighted by Gasteiger charge is -2.62. The van der Waals surface area contributed by atoms with Crippen LogP contribution in [0.15, 0.2) is 23.3 Å². The maximum Gasteiger partial charge on any atom is 0.123 e. The van der Waals surface area contributed by atoms with Crippen molar-refractivity contribution in [2.24, 2.45) is 45.3 Å². The van der Waals surface area contributed by atoms with Gasteiger partial charge in [-0.05, 0) is 104 Å². The molecule has 0 aliphatic heterocycles. The highest BCUT2D eigenvalue weighted by Crippen LogP contribution is 2.72. The number of fused-ring (bicyclic) bond motifs is 4. The number of aliphatic hydroxyl groups is 1. The van der Waals surface area contributed by atoms with E-state index in [0.29, 0.717) is 17.8 Å². The Morgan fingerprint density at radius 3 is 2.36 bits per heavy atom. The van der Waals surface area contributed by atoms with E-state index in [4.69, 9.17) is 0 Å². The van der Waals surface area contributed by atoms with Crippen molar-refractivity contribution in [3.05, 3.63) is 23.3 Å². The number of carbonyl (C=O) groups is 1. The zero-order valence-electron chi connectivity index (χ0n) is 22.6. The lowest BCUT2D eigenvalue weighted by molar-refractivity contribution is -0.115. The predicted octanol–water partition coefficient (Wildman–Crippen LogP) is 7.90. The molecular weight excluding hydrogens is 404 g/mol. The van der Waals surface area contributed by atoms with Crippen LogP contribution in [0.5, 0.6) is 0 Å². The van der Waals surface area contributed by atoms with Crippen molar-refractivity contribution < 1.29 is 9.90 Å². The van der Waals surface area contributed by atoms with Crippen molar-refractivity contribution >= 4 is 6.29 Å². The SMILES string of the molecule is C=C(CC[C@H](C=O)[C@H]1CC[C@@]2(C)C3=C(CC[C@]12C)[C@@]1(C)CC[C@H](O)C(C)(C)[C@@H]1CC3)C(C)C. The smallest absolute Gasteiger partial charge is 0.123 e. The topological polar surface area (TPSA) is 37.3 Å². The van der Waals surface area contributed by atoms with Crippen LogP contribution in [0.3, 0.4) is 0 Å². The molecular formula is C31H50O2. The highest BCUT2D eigenvalue weighted by molar-refractivity contribution is 5.55. The first-order valence-corrected chi connectivity index (χ1v) is 13.9. The third kappa shape index (κ3) is 3.56. The first kappa shape index (κ1) is 25.2. The summed E-state index contributed by atoms with van der Waals surface area (Å²) < 4.78 is 0. The number of aldehydes is 1. The third-order valence-corrected chi connectivity index (χ3v) is 12.1. The fraction of sp³-hybridized carbons (Fsp3) is 0.839. The van der Waals surface area contributed by atoms with Gasteiger partial charge in [0.25, 0.3) is 0 Å². The van der Waals surface area contributed by atoms with Crippen molar-refractivity contribution in [1.29, 1.82) is 0 Å². The number of rotatable bonds is 6. The molecule has 0 amide bonds. The van der Waals surface area contributed by atoms with E-state index in [-0.39, 0.29) is 33.7 Å². The van der Waals surface area contributed by atoms with E-state index in [0.717, 1.165) is 25.7 Å². The number of hydrogen-bond acceptors (Lipinski definition) is 2. The summed E-state index contributed by atoms with van der Waals surface area (Å²) in [5.41, 5.74) is 5.47. The summed E-state index contributed by atoms with van der Waals surface area (Å²) in [4.78, 5) is 12.4. The molecule has 0 aromatic carbocycles. The molecule has 186 valence electrons. The van der Waals surface area contributed by atoms with Crippen LogP contribution in [-0.2, 0) is 4.79 Å². The van der Waals surface area contributed by atoms with Gasteiger partial charge in [0.2, 0.25) is 0 Å². The second kappa shape index (κ2) is 8.35. The van der Waals surface area contributed by atoms with Crippen LogP contribution in [-0.4, -0.2) is 17.5 Å². The molecule has 4 rings (SSSR count). The fourth-order valence-electron chi connectivity index (χ4n) is 9.41. The van der Waals surface area contributed by atoms with Crippen LogP contribution in [0, 0.1) is 45.3 Å². The van der Waals surface area contributed by atoms with Gasteiger partial charge in [-0.2, -0.15) is 0 Å². The molecule has 2 saturated carbocycles. The number of allylic oxidation sites excluding steroid dienone is 3. The second-order valence-corrected chi connectivity index (χ2v) is 13.9. The van der Waals surface area contributed by atoms with Crippen LogP contribution in [0.25, 0.3) is 0 Å². The monoisotopic (exact) mass is 454 g/mol. The molecule has 0 saturated heterocycles. The second-order valence-electron chi connectivity index (χ2n) is 13.9. The standard InChI is InChI=1S/C31H50O2/c1-20(2)21(3)9-10-22(19-32)23-13-17-31(8)25-11-12-26-28(4,5)27(33)15-16-29(26,6)24(25)14-18-30(23,31)7/h19-20,22-23,26-27,33H,3,9-18H2,1-2,4-8H3/t22-,23-,26+,27+,29-,30-,31+/m1/s1. The molecule has 2 heteroatoms. The molecule has 0 heterocycles. The van der Waals surface area contributed by atoms with E-state index >= 15 is 0 Å². The van der Waals surface area contributed by atoms with Gasteiger partial charge in [0.1, 0.15) is 6.29 Å². The van der Waals surface area contributed by atoms with E-state index in [2.05, 4.69) is 55.0 Å². The Labute approximate surface area is 203 Å². The lowest BCUT2D eigenvalue weighted by Crippen LogP contribution is -2.55. The van der Waals surface area contributed by atoms with E-state index in [1.54, 1.807) is 11.1 Å². The number of carbonyl (C=O) groups excluding carboxylic acids is 1. The maximum atomic E-state index is 12.4. The molecule has 7 atom stereocenters. The van der Waals surface area contributed by atoms with Gasteiger partial charge in [-0.3, -0.25) is 0 Å². The number of aliphatic hydroxyl groups excluding tert-OH is 1. The summed E-state index contributed by atoms with van der Waals surface area (Å²) in [6, 6.07) is 0. The van der Waals surface area contributed by atoms with Crippen LogP contribution in [0.1, 0.15) is 113 Å². The van der Waals surface area contributed by atoms with Gasteiger partial charge in [0, 0.05) is 5.92 Å². The van der Waals surface area contributed by atoms with E-state index in [1.165, 1.54) is 50.4 Å². The molecule has 2 nitrogen and oxygen atoms in total. The quantitative estimate of drug-likeness (QED) is 0.327. The third-order valence-electron chi connectivity index (χ3n) is 12.1. The fourth-order valence-corrected chi connectivity index (χ4v) is 9.41. The highest BCUT2D eigenvalue weighted by Gasteiger charge is 2.63. The molecule has 0 unspecified atom stereocenters. The summed E-state index contributed by atoms with van der Waals surface area (Å²) in [7, 11) is 0. The van der Waals surface area contributed by atoms with Gasteiger partial charge in [0.05, 0.1) is 6.10 Å². The predicted molar refractivity (Wildman–Crippen MR) is 138 cm³/mol. The van der Waals surface area contributed by atoms with E-state index in [9.17, 15) is 9.90 Å². The normalized spacial score (nSPS) is 43.0. The summed E-state index contributed by atoms with van der Waals surface area (Å²) in [6.45, 7) is 20.9. The first-order chi connectivity index (χ1) is 15.3. The molecule has 4 aliphatic rings. The Morgan fingerprint density at radius 2 is 1.73 bits per heavy atom. The van der Waals surface area contributed by atoms with Crippen molar-refractivity contribution in [3.8, 4) is 0 Å². The van der Waals surface area contributed by atoms with Crippen LogP contribution in [0.2, 0.25) is 0 Å². The van der Waals surface area contributed by atoms with Crippen LogP contribution >= 0.6 is 0 Å². The lowest BCUT2D eigenvalue weighted by atomic mass is 9.43. The average molecular weight is 455 g/mol. The zero-order chi connectivity index (χ0) is 24.4. The summed E-state index contributed by atoms with van der Waals surface area (Å²) in [5, 5.41) is 10.8. The minimum Gasteiger partial charge on any atom is -0.393 e. The van der Waals surface area contributed by atoms with Crippen molar-refractivity contribution in [2.75, 3.05) is 0 Å². The Bertz CT molecular complexity index is 834. The molecule has 0 aromatic heterocycles. The maximum absolute atomic E-state index is 12.4. The van der Waals surface area contributed by atoms with Crippen molar-refractivity contribution in [1.82, 2.24) is 0 Å². The van der Waals surface area contributed by atoms with Crippen molar-refractivity contribution in [2.45, 2.75) is 119 Å². The van der Waals surface area contributed by atoms with Crippen molar-refractivity contribution in [3.63, 3.8) is 0 Å². The van der Waals surface area contributed by atoms with Gasteiger partial charge in [-0.25, -0.2) is 0 Å². The van der Waals surface area contributed by atoms with Crippen LogP contribution < -0.4 is 0 Å². The molecule has 2 fully saturated rings. The largest absolute Gasteiger partial charge is 0.393 e. The van der Waals surface area contributed by atoms with Gasteiger partial charge in [-0.15, -0.1) is 0 Å². The van der Waals surface area contributed by atoms with Gasteiger partial charge < -0.3 is 9.90 Å². The minimum absolute atomic E-state index is 0.00712. The van der Waals surface area contributed by atoms with E-state index in [1.807, 2.05) is 0 Å². The molecule has 4 aliphatic carbocycles. The molecule has 0 spiro atoms. The summed E-state index contributed by atoms with van der Waals surface area (Å²) in [5.74, 6) is 1.72. The Morgan fingerprint density at radius 1 is 1.03 bits per heavy atom. The summed E-state index contributed by atoms with van der Waals surface area (Å²) >= 11 is 0. The number of hydrogen-bond donors (Lipinski definition) is 1. The molecule has 0 bridgehead atoms. The minimum atomic E-state index is -0.174. The summed E-state index contributed by atoms with van der Waals surface area (Å²) in [6.07, 6.45) is 12.4. The zero-order valence-corrected chi connectivity index (χ0v) is 22.6. The van der Waals surface area contributed by atoms with E-state index < -0.39 is 0 Å². The molecule has 33 heavy (non-hydrogen) atoms. The first-order valence-electron chi connectivity index (χ1n) is 13.9. The molecule has 1 N–H and O–H groups in total. The Kier molecular flexibility index (Phi) is 6.38. The van der Waals surface area contributed by atoms with Crippen LogP contribution in [0.4, 0.5) is 0 Å². The molecule has 0 aromatic rings.